The molecule has 7 nitrogen and oxygen atoms in total. The zero-order chi connectivity index (χ0) is 24.3. The van der Waals surface area contributed by atoms with Crippen LogP contribution in [0.2, 0.25) is 0 Å². The van der Waals surface area contributed by atoms with Crippen LogP contribution in [0.3, 0.4) is 0 Å². The number of pyridine rings is 1. The van der Waals surface area contributed by atoms with Gasteiger partial charge in [-0.1, -0.05) is 37.5 Å². The summed E-state index contributed by atoms with van der Waals surface area (Å²) < 4.78 is 24.7. The number of hydrogen-bond acceptors (Lipinski definition) is 6. The second kappa shape index (κ2) is 10.0. The molecule has 1 saturated carbocycles. The summed E-state index contributed by atoms with van der Waals surface area (Å²) in [5, 5.41) is 9.81. The molecule has 182 valence electrons. The molecule has 35 heavy (non-hydrogen) atoms. The number of nitrogens with one attached hydrogen (secondary N) is 1. The van der Waals surface area contributed by atoms with Gasteiger partial charge in [0.15, 0.2) is 0 Å². The van der Waals surface area contributed by atoms with Crippen LogP contribution in [0.4, 0.5) is 4.39 Å². The molecule has 3 aromatic rings. The summed E-state index contributed by atoms with van der Waals surface area (Å²) in [7, 11) is 0. The summed E-state index contributed by atoms with van der Waals surface area (Å²) in [6.07, 6.45) is 5.38. The van der Waals surface area contributed by atoms with Crippen molar-refractivity contribution in [3.63, 3.8) is 0 Å². The minimum Gasteiger partial charge on any atom is -0.487 e. The molecule has 2 heterocycles. The minimum absolute atomic E-state index is 0.232. The number of ether oxygens (including phenoxy) is 2. The SMILES string of the molecule is O=C(O)[C@@]1(C(c2ccc(OCc3cccc(Oc4ccc(F)cc4)n3)cc2)C2CCCCC2)NO1. The summed E-state index contributed by atoms with van der Waals surface area (Å²) in [5.41, 5.74) is 2.91. The number of carboxylic acids is 1. The second-order valence-corrected chi connectivity index (χ2v) is 9.00. The van der Waals surface area contributed by atoms with Gasteiger partial charge in [-0.25, -0.2) is 14.2 Å². The first-order chi connectivity index (χ1) is 17.0. The fourth-order valence-corrected chi connectivity index (χ4v) is 4.86. The Morgan fingerprint density at radius 2 is 1.74 bits per heavy atom. The van der Waals surface area contributed by atoms with Crippen LogP contribution in [0, 0.1) is 11.7 Å². The van der Waals surface area contributed by atoms with Crippen molar-refractivity contribution in [2.24, 2.45) is 5.92 Å². The lowest BCUT2D eigenvalue weighted by atomic mass is 9.72. The van der Waals surface area contributed by atoms with Crippen LogP contribution >= 0.6 is 0 Å². The van der Waals surface area contributed by atoms with E-state index in [1.807, 2.05) is 36.4 Å². The van der Waals surface area contributed by atoms with Crippen molar-refractivity contribution in [3.8, 4) is 17.4 Å². The first kappa shape index (κ1) is 23.3. The van der Waals surface area contributed by atoms with Crippen molar-refractivity contribution in [1.29, 1.82) is 0 Å². The lowest BCUT2D eigenvalue weighted by Crippen LogP contribution is -2.39. The number of benzene rings is 2. The van der Waals surface area contributed by atoms with Gasteiger partial charge >= 0.3 is 5.97 Å². The van der Waals surface area contributed by atoms with E-state index >= 15 is 0 Å². The first-order valence-electron chi connectivity index (χ1n) is 11.8. The molecular weight excluding hydrogens is 451 g/mol. The molecule has 1 aromatic heterocycles. The van der Waals surface area contributed by atoms with Gasteiger partial charge in [-0.3, -0.25) is 4.84 Å². The van der Waals surface area contributed by atoms with Gasteiger partial charge in [0.05, 0.1) is 5.69 Å². The molecule has 0 bridgehead atoms. The molecule has 5 rings (SSSR count). The highest BCUT2D eigenvalue weighted by atomic mass is 19.1. The number of rotatable bonds is 9. The van der Waals surface area contributed by atoms with E-state index in [9.17, 15) is 14.3 Å². The summed E-state index contributed by atoms with van der Waals surface area (Å²) in [4.78, 5) is 21.7. The number of carboxylic acid groups (broad SMARTS) is 1. The van der Waals surface area contributed by atoms with Crippen LogP contribution < -0.4 is 15.0 Å². The predicted octanol–water partition coefficient (Wildman–Crippen LogP) is 5.57. The fraction of sp³-hybridized carbons (Fsp3) is 0.333. The number of carbonyl (C=O) groups is 1. The Morgan fingerprint density at radius 3 is 2.40 bits per heavy atom. The Balaban J connectivity index is 1.25. The second-order valence-electron chi connectivity index (χ2n) is 9.00. The molecule has 8 heteroatoms. The molecule has 0 amide bonds. The zero-order valence-corrected chi connectivity index (χ0v) is 19.2. The zero-order valence-electron chi connectivity index (χ0n) is 19.2. The molecule has 2 aliphatic rings. The highest BCUT2D eigenvalue weighted by molar-refractivity contribution is 5.80. The molecule has 1 aliphatic carbocycles. The van der Waals surface area contributed by atoms with Crippen LogP contribution in [0.5, 0.6) is 17.4 Å². The number of hydroxylamine groups is 1. The molecule has 1 unspecified atom stereocenters. The van der Waals surface area contributed by atoms with Crippen LogP contribution in [0.15, 0.2) is 66.7 Å². The van der Waals surface area contributed by atoms with Crippen molar-refractivity contribution >= 4 is 5.97 Å². The van der Waals surface area contributed by atoms with E-state index < -0.39 is 11.7 Å². The van der Waals surface area contributed by atoms with Gasteiger partial charge in [0.2, 0.25) is 5.88 Å². The number of halogens is 1. The topological polar surface area (TPSA) is 103 Å². The van der Waals surface area contributed by atoms with Crippen molar-refractivity contribution in [2.75, 3.05) is 0 Å². The molecule has 2 N–H and O–H groups in total. The third-order valence-corrected chi connectivity index (χ3v) is 6.64. The highest BCUT2D eigenvalue weighted by Gasteiger charge is 2.61. The smallest absolute Gasteiger partial charge is 0.356 e. The average Bonchev–Trinajstić information content (AvgIpc) is 3.68. The van der Waals surface area contributed by atoms with Gasteiger partial charge in [0.1, 0.15) is 23.9 Å². The van der Waals surface area contributed by atoms with Crippen molar-refractivity contribution < 1.29 is 28.6 Å². The maximum absolute atomic E-state index is 13.1. The lowest BCUT2D eigenvalue weighted by Gasteiger charge is -2.32. The normalized spacial score (nSPS) is 20.7. The van der Waals surface area contributed by atoms with Crippen LogP contribution in [0.25, 0.3) is 0 Å². The molecule has 1 aliphatic heterocycles. The van der Waals surface area contributed by atoms with Gasteiger partial charge < -0.3 is 14.6 Å². The van der Waals surface area contributed by atoms with E-state index in [1.54, 1.807) is 18.2 Å². The third kappa shape index (κ3) is 5.28. The molecule has 2 atom stereocenters. The average molecular weight is 479 g/mol. The lowest BCUT2D eigenvalue weighted by molar-refractivity contribution is -0.145. The van der Waals surface area contributed by atoms with Crippen molar-refractivity contribution in [1.82, 2.24) is 10.5 Å². The Kier molecular flexibility index (Phi) is 6.66. The maximum atomic E-state index is 13.1. The number of aliphatic carboxylic acids is 1. The summed E-state index contributed by atoms with van der Waals surface area (Å²) in [6.45, 7) is 0.232. The van der Waals surface area contributed by atoms with Crippen LogP contribution in [0.1, 0.15) is 49.3 Å². The van der Waals surface area contributed by atoms with Crippen LogP contribution in [-0.2, 0) is 16.2 Å². The fourth-order valence-electron chi connectivity index (χ4n) is 4.86. The molecule has 2 fully saturated rings. The number of aromatic nitrogens is 1. The van der Waals surface area contributed by atoms with Gasteiger partial charge in [-0.2, -0.15) is 5.48 Å². The molecule has 1 saturated heterocycles. The monoisotopic (exact) mass is 478 g/mol. The van der Waals surface area contributed by atoms with E-state index in [1.165, 1.54) is 18.6 Å². The van der Waals surface area contributed by atoms with E-state index in [0.717, 1.165) is 31.2 Å². The summed E-state index contributed by atoms with van der Waals surface area (Å²) >= 11 is 0. The predicted molar refractivity (Wildman–Crippen MR) is 125 cm³/mol. The quantitative estimate of drug-likeness (QED) is 0.388. The summed E-state index contributed by atoms with van der Waals surface area (Å²) in [5.74, 6) is 0.195. The van der Waals surface area contributed by atoms with Gasteiger partial charge in [0.25, 0.3) is 5.72 Å². The van der Waals surface area contributed by atoms with Gasteiger partial charge in [-0.05, 0) is 66.8 Å². The van der Waals surface area contributed by atoms with Crippen molar-refractivity contribution in [2.45, 2.75) is 50.4 Å². The van der Waals surface area contributed by atoms with E-state index in [0.29, 0.717) is 23.1 Å². The summed E-state index contributed by atoms with van der Waals surface area (Å²) in [6, 6.07) is 18.6. The molecule has 2 aromatic carbocycles. The molecular formula is C27H27FN2O5. The third-order valence-electron chi connectivity index (χ3n) is 6.64. The van der Waals surface area contributed by atoms with Crippen LogP contribution in [-0.4, -0.2) is 21.8 Å². The van der Waals surface area contributed by atoms with Gasteiger partial charge in [0, 0.05) is 12.0 Å². The largest absolute Gasteiger partial charge is 0.487 e. The van der Waals surface area contributed by atoms with Gasteiger partial charge in [-0.15, -0.1) is 0 Å². The molecule has 0 radical (unpaired) electrons. The Morgan fingerprint density at radius 1 is 1.06 bits per heavy atom. The van der Waals surface area contributed by atoms with E-state index in [2.05, 4.69) is 10.5 Å². The Labute approximate surface area is 202 Å². The van der Waals surface area contributed by atoms with E-state index in [-0.39, 0.29) is 24.3 Å². The molecule has 0 spiro atoms. The number of hydrogen-bond donors (Lipinski definition) is 2. The highest BCUT2D eigenvalue weighted by Crippen LogP contribution is 2.47. The Bertz CT molecular complexity index is 1160. The maximum Gasteiger partial charge on any atom is 0.356 e. The Hall–Kier alpha value is -3.49. The van der Waals surface area contributed by atoms with E-state index in [4.69, 9.17) is 14.3 Å². The first-order valence-corrected chi connectivity index (χ1v) is 11.8. The van der Waals surface area contributed by atoms with Crippen molar-refractivity contribution in [3.05, 3.63) is 83.8 Å². The standard InChI is InChI=1S/C27H27FN2O5/c28-20-11-15-23(16-12-20)34-24-8-4-7-21(29-24)17-33-22-13-9-19(10-14-22)25(18-5-2-1-3-6-18)27(26(31)32)30-35-27/h4,7-16,18,25,30H,1-3,5-6,17H2,(H,31,32)/t25?,27-/m0/s1. The minimum atomic E-state index is -1.35. The number of nitrogens with zero attached hydrogens (tertiary/aromatic N) is 1.